The maximum atomic E-state index is 12.8. The number of furan rings is 1. The standard InChI is InChI=1S/C19H29N3O8S/c1-6-28-17(24)14-7-8-15(29-14)31(26,27)22-11-9-21(10-12-22)16(23)13(2)20-18(25)30-19(3,4)5/h7-8,13H,6,9-12H2,1-5H3,(H,20,25)/t13-/m1/s1. The molecule has 1 saturated heterocycles. The summed E-state index contributed by atoms with van der Waals surface area (Å²) in [6, 6.07) is 1.62. The van der Waals surface area contributed by atoms with Gasteiger partial charge >= 0.3 is 12.1 Å². The maximum Gasteiger partial charge on any atom is 0.408 e. The van der Waals surface area contributed by atoms with Crippen molar-refractivity contribution in [3.8, 4) is 0 Å². The minimum Gasteiger partial charge on any atom is -0.460 e. The van der Waals surface area contributed by atoms with Crippen LogP contribution in [-0.2, 0) is 24.3 Å². The summed E-state index contributed by atoms with van der Waals surface area (Å²) < 4.78 is 41.8. The minimum atomic E-state index is -3.97. The van der Waals surface area contributed by atoms with Gasteiger partial charge in [0.05, 0.1) is 6.61 Å². The molecule has 0 radical (unpaired) electrons. The number of ether oxygens (including phenoxy) is 2. The highest BCUT2D eigenvalue weighted by atomic mass is 32.2. The second-order valence-corrected chi connectivity index (χ2v) is 9.81. The summed E-state index contributed by atoms with van der Waals surface area (Å²) in [5.41, 5.74) is -0.689. The fourth-order valence-electron chi connectivity index (χ4n) is 2.87. The number of esters is 1. The lowest BCUT2D eigenvalue weighted by Gasteiger charge is -2.35. The van der Waals surface area contributed by atoms with Gasteiger partial charge in [-0.3, -0.25) is 4.79 Å². The third-order valence-electron chi connectivity index (χ3n) is 4.31. The first-order valence-electron chi connectivity index (χ1n) is 9.90. The maximum absolute atomic E-state index is 12.8. The Hall–Kier alpha value is -2.60. The monoisotopic (exact) mass is 459 g/mol. The highest BCUT2D eigenvalue weighted by Gasteiger charge is 2.34. The first-order valence-corrected chi connectivity index (χ1v) is 11.3. The number of carbonyl (C=O) groups is 3. The van der Waals surface area contributed by atoms with Crippen LogP contribution in [0.3, 0.4) is 0 Å². The number of rotatable bonds is 6. The molecular weight excluding hydrogens is 430 g/mol. The number of sulfonamides is 1. The average Bonchev–Trinajstić information content (AvgIpc) is 3.17. The Bertz CT molecular complexity index is 911. The van der Waals surface area contributed by atoms with Gasteiger partial charge in [-0.15, -0.1) is 0 Å². The molecule has 2 heterocycles. The first kappa shape index (κ1) is 24.7. The van der Waals surface area contributed by atoms with Crippen molar-refractivity contribution in [2.24, 2.45) is 0 Å². The molecule has 174 valence electrons. The van der Waals surface area contributed by atoms with E-state index in [4.69, 9.17) is 13.9 Å². The summed E-state index contributed by atoms with van der Waals surface area (Å²) in [5.74, 6) is -1.28. The zero-order valence-electron chi connectivity index (χ0n) is 18.3. The Morgan fingerprint density at radius 3 is 2.32 bits per heavy atom. The number of hydrogen-bond donors (Lipinski definition) is 1. The van der Waals surface area contributed by atoms with Crippen molar-refractivity contribution in [1.82, 2.24) is 14.5 Å². The third kappa shape index (κ3) is 6.44. The molecule has 0 saturated carbocycles. The summed E-state index contributed by atoms with van der Waals surface area (Å²) in [4.78, 5) is 37.6. The van der Waals surface area contributed by atoms with E-state index >= 15 is 0 Å². The van der Waals surface area contributed by atoms with E-state index in [0.717, 1.165) is 0 Å². The van der Waals surface area contributed by atoms with Gasteiger partial charge in [0.2, 0.25) is 16.8 Å². The molecule has 1 aromatic heterocycles. The summed E-state index contributed by atoms with van der Waals surface area (Å²) in [6.45, 7) is 8.82. The van der Waals surface area contributed by atoms with E-state index in [0.29, 0.717) is 0 Å². The molecule has 1 N–H and O–H groups in total. The van der Waals surface area contributed by atoms with Crippen LogP contribution in [0.5, 0.6) is 0 Å². The van der Waals surface area contributed by atoms with Gasteiger partial charge in [0.1, 0.15) is 11.6 Å². The Balaban J connectivity index is 1.94. The van der Waals surface area contributed by atoms with Crippen molar-refractivity contribution in [2.75, 3.05) is 32.8 Å². The Labute approximate surface area is 181 Å². The molecule has 2 amide bonds. The van der Waals surface area contributed by atoms with Gasteiger partial charge in [0.25, 0.3) is 10.0 Å². The molecule has 1 aromatic rings. The van der Waals surface area contributed by atoms with E-state index in [9.17, 15) is 22.8 Å². The summed E-state index contributed by atoms with van der Waals surface area (Å²) in [6.07, 6.45) is -0.704. The van der Waals surface area contributed by atoms with Crippen molar-refractivity contribution in [3.05, 3.63) is 17.9 Å². The molecule has 0 aliphatic carbocycles. The largest absolute Gasteiger partial charge is 0.460 e. The van der Waals surface area contributed by atoms with Gasteiger partial charge in [0, 0.05) is 26.2 Å². The van der Waals surface area contributed by atoms with Crippen LogP contribution >= 0.6 is 0 Å². The number of nitrogens with zero attached hydrogens (tertiary/aromatic N) is 2. The predicted octanol–water partition coefficient (Wildman–Crippen LogP) is 1.20. The van der Waals surface area contributed by atoms with Crippen LogP contribution < -0.4 is 5.32 Å². The Morgan fingerprint density at radius 2 is 1.77 bits per heavy atom. The number of amides is 2. The number of piperazine rings is 1. The van der Waals surface area contributed by atoms with E-state index in [1.807, 2.05) is 0 Å². The van der Waals surface area contributed by atoms with E-state index < -0.39 is 33.7 Å². The van der Waals surface area contributed by atoms with Crippen molar-refractivity contribution >= 4 is 28.0 Å². The molecule has 0 unspecified atom stereocenters. The van der Waals surface area contributed by atoms with Crippen molar-refractivity contribution in [1.29, 1.82) is 0 Å². The van der Waals surface area contributed by atoms with Gasteiger partial charge in [-0.2, -0.15) is 4.31 Å². The lowest BCUT2D eigenvalue weighted by Crippen LogP contribution is -2.55. The second-order valence-electron chi connectivity index (χ2n) is 7.94. The third-order valence-corrected chi connectivity index (χ3v) is 6.08. The molecular formula is C19H29N3O8S. The topological polar surface area (TPSA) is 135 Å². The van der Waals surface area contributed by atoms with Crippen molar-refractivity contribution in [3.63, 3.8) is 0 Å². The predicted molar refractivity (Wildman–Crippen MR) is 109 cm³/mol. The van der Waals surface area contributed by atoms with Crippen LogP contribution in [0.2, 0.25) is 0 Å². The smallest absolute Gasteiger partial charge is 0.408 e. The van der Waals surface area contributed by atoms with Crippen LogP contribution in [0.4, 0.5) is 4.79 Å². The van der Waals surface area contributed by atoms with Crippen molar-refractivity contribution in [2.45, 2.75) is 51.4 Å². The molecule has 1 fully saturated rings. The molecule has 2 rings (SSSR count). The van der Waals surface area contributed by atoms with Gasteiger partial charge in [0.15, 0.2) is 0 Å². The van der Waals surface area contributed by atoms with Crippen LogP contribution in [0, 0.1) is 0 Å². The Kier molecular flexibility index (Phi) is 7.71. The van der Waals surface area contributed by atoms with Crippen LogP contribution in [0.25, 0.3) is 0 Å². The lowest BCUT2D eigenvalue weighted by molar-refractivity contribution is -0.134. The molecule has 1 aliphatic heterocycles. The van der Waals surface area contributed by atoms with Crippen molar-refractivity contribution < 1.29 is 36.7 Å². The van der Waals surface area contributed by atoms with Crippen LogP contribution in [-0.4, -0.2) is 80.0 Å². The highest BCUT2D eigenvalue weighted by Crippen LogP contribution is 2.21. The normalized spacial score (nSPS) is 16.5. The van der Waals surface area contributed by atoms with Gasteiger partial charge in [-0.25, -0.2) is 18.0 Å². The summed E-state index contributed by atoms with van der Waals surface area (Å²) in [5, 5.41) is 2.12. The molecule has 0 bridgehead atoms. The molecule has 11 nitrogen and oxygen atoms in total. The van der Waals surface area contributed by atoms with Gasteiger partial charge in [-0.1, -0.05) is 0 Å². The molecule has 0 spiro atoms. The zero-order chi connectivity index (χ0) is 23.4. The SMILES string of the molecule is CCOC(=O)c1ccc(S(=O)(=O)N2CCN(C(=O)[C@@H](C)NC(=O)OC(C)(C)C)CC2)o1. The molecule has 0 aromatic carbocycles. The number of alkyl carbamates (subject to hydrolysis) is 1. The average molecular weight is 460 g/mol. The fourth-order valence-corrected chi connectivity index (χ4v) is 4.20. The van der Waals surface area contributed by atoms with Gasteiger partial charge in [-0.05, 0) is 46.8 Å². The summed E-state index contributed by atoms with van der Waals surface area (Å²) in [7, 11) is -3.97. The molecule has 1 atom stereocenters. The number of hydrogen-bond acceptors (Lipinski definition) is 8. The highest BCUT2D eigenvalue weighted by molar-refractivity contribution is 7.89. The molecule has 12 heteroatoms. The van der Waals surface area contributed by atoms with E-state index in [1.54, 1.807) is 27.7 Å². The van der Waals surface area contributed by atoms with Gasteiger partial charge < -0.3 is 24.1 Å². The van der Waals surface area contributed by atoms with E-state index in [-0.39, 0.29) is 49.5 Å². The fraction of sp³-hybridized carbons (Fsp3) is 0.632. The lowest BCUT2D eigenvalue weighted by atomic mass is 10.2. The molecule has 1 aliphatic rings. The van der Waals surface area contributed by atoms with E-state index in [2.05, 4.69) is 5.32 Å². The minimum absolute atomic E-state index is 0.0443. The first-order chi connectivity index (χ1) is 14.3. The van der Waals surface area contributed by atoms with Crippen LogP contribution in [0.15, 0.2) is 21.6 Å². The number of nitrogens with one attached hydrogen (secondary N) is 1. The quantitative estimate of drug-likeness (QED) is 0.627. The molecule has 31 heavy (non-hydrogen) atoms. The van der Waals surface area contributed by atoms with Crippen LogP contribution in [0.1, 0.15) is 45.2 Å². The second kappa shape index (κ2) is 9.69. The summed E-state index contributed by atoms with van der Waals surface area (Å²) >= 11 is 0. The zero-order valence-corrected chi connectivity index (χ0v) is 19.2. The number of carbonyl (C=O) groups excluding carboxylic acids is 3. The Morgan fingerprint density at radius 1 is 1.16 bits per heavy atom. The van der Waals surface area contributed by atoms with E-state index in [1.165, 1.54) is 28.3 Å².